The topological polar surface area (TPSA) is 55.9 Å². The van der Waals surface area contributed by atoms with Crippen molar-refractivity contribution in [3.05, 3.63) is 41.7 Å². The predicted molar refractivity (Wildman–Crippen MR) is 73.6 cm³/mol. The van der Waals surface area contributed by atoms with Gasteiger partial charge in [-0.3, -0.25) is 4.68 Å². The monoisotopic (exact) mass is 246 g/mol. The molecule has 1 aromatic heterocycles. The number of aryl methyl sites for hydroxylation is 2. The highest BCUT2D eigenvalue weighted by Gasteiger charge is 2.03. The van der Waals surface area contributed by atoms with Crippen molar-refractivity contribution in [2.75, 3.05) is 5.32 Å². The molecule has 3 N–H and O–H groups in total. The van der Waals surface area contributed by atoms with E-state index in [0.29, 0.717) is 4.99 Å². The molecule has 2 rings (SSSR count). The minimum Gasteiger partial charge on any atom is -0.389 e. The minimum atomic E-state index is 0.411. The van der Waals surface area contributed by atoms with Gasteiger partial charge in [-0.15, -0.1) is 0 Å². The Labute approximate surface area is 105 Å². The van der Waals surface area contributed by atoms with Crippen molar-refractivity contribution < 1.29 is 0 Å². The second-order valence-electron chi connectivity index (χ2n) is 3.87. The first-order valence-corrected chi connectivity index (χ1v) is 5.64. The van der Waals surface area contributed by atoms with Crippen molar-refractivity contribution in [2.24, 2.45) is 12.8 Å². The third-order valence-electron chi connectivity index (χ3n) is 2.46. The molecule has 0 atom stereocenters. The molecule has 0 radical (unpaired) electrons. The van der Waals surface area contributed by atoms with E-state index < -0.39 is 0 Å². The largest absolute Gasteiger partial charge is 0.389 e. The first-order chi connectivity index (χ1) is 8.06. The molecule has 5 heteroatoms. The molecule has 0 aliphatic heterocycles. The summed E-state index contributed by atoms with van der Waals surface area (Å²) in [5.74, 6) is 0. The quantitative estimate of drug-likeness (QED) is 0.814. The number of nitrogens with two attached hydrogens (primary N) is 1. The van der Waals surface area contributed by atoms with Gasteiger partial charge in [-0.05, 0) is 31.2 Å². The van der Waals surface area contributed by atoms with Crippen LogP contribution in [0.4, 0.5) is 11.4 Å². The van der Waals surface area contributed by atoms with E-state index in [4.69, 9.17) is 18.0 Å². The summed E-state index contributed by atoms with van der Waals surface area (Å²) in [5, 5.41) is 7.56. The van der Waals surface area contributed by atoms with Crippen molar-refractivity contribution in [3.8, 4) is 0 Å². The van der Waals surface area contributed by atoms with Crippen molar-refractivity contribution >= 4 is 28.6 Å². The van der Waals surface area contributed by atoms with Crippen molar-refractivity contribution in [1.29, 1.82) is 0 Å². The third kappa shape index (κ3) is 2.62. The number of hydrogen-bond donors (Lipinski definition) is 2. The number of rotatable bonds is 3. The highest BCUT2D eigenvalue weighted by molar-refractivity contribution is 7.80. The molecule has 0 aliphatic rings. The Kier molecular flexibility index (Phi) is 3.10. The fourth-order valence-electron chi connectivity index (χ4n) is 1.60. The van der Waals surface area contributed by atoms with Crippen LogP contribution in [0, 0.1) is 6.92 Å². The lowest BCUT2D eigenvalue weighted by atomic mass is 10.2. The van der Waals surface area contributed by atoms with E-state index >= 15 is 0 Å². The number of hydrogen-bond acceptors (Lipinski definition) is 3. The third-order valence-corrected chi connectivity index (χ3v) is 2.70. The maximum atomic E-state index is 5.54. The molecule has 1 aromatic carbocycles. The molecule has 0 saturated heterocycles. The molecular formula is C12H14N4S. The van der Waals surface area contributed by atoms with Crippen molar-refractivity contribution in [3.63, 3.8) is 0 Å². The van der Waals surface area contributed by atoms with Crippen LogP contribution in [0.3, 0.4) is 0 Å². The summed E-state index contributed by atoms with van der Waals surface area (Å²) in [4.78, 5) is 0.411. The van der Waals surface area contributed by atoms with Crippen LogP contribution < -0.4 is 11.1 Å². The van der Waals surface area contributed by atoms with Crippen LogP contribution in [0.25, 0.3) is 0 Å². The first kappa shape index (κ1) is 11.6. The van der Waals surface area contributed by atoms with Gasteiger partial charge in [-0.1, -0.05) is 12.2 Å². The molecule has 0 aliphatic carbocycles. The van der Waals surface area contributed by atoms with Gasteiger partial charge in [0.2, 0.25) is 0 Å². The van der Waals surface area contributed by atoms with Crippen LogP contribution in [0.1, 0.15) is 11.3 Å². The number of thiocarbonyl (C=S) groups is 1. The molecule has 0 bridgehead atoms. The summed E-state index contributed by atoms with van der Waals surface area (Å²) in [5.41, 5.74) is 9.36. The van der Waals surface area contributed by atoms with E-state index in [1.807, 2.05) is 44.4 Å². The maximum absolute atomic E-state index is 5.54. The molecule has 0 amide bonds. The van der Waals surface area contributed by atoms with E-state index in [2.05, 4.69) is 10.4 Å². The predicted octanol–water partition coefficient (Wildman–Crippen LogP) is 2.11. The zero-order chi connectivity index (χ0) is 12.4. The SMILES string of the molecule is Cc1nn(C)cc1Nc1ccc(C(N)=S)cc1. The van der Waals surface area contributed by atoms with Gasteiger partial charge < -0.3 is 11.1 Å². The zero-order valence-corrected chi connectivity index (χ0v) is 10.6. The van der Waals surface area contributed by atoms with Crippen LogP contribution in [0.5, 0.6) is 0 Å². The molecule has 4 nitrogen and oxygen atoms in total. The highest BCUT2D eigenvalue weighted by Crippen LogP contribution is 2.19. The van der Waals surface area contributed by atoms with Gasteiger partial charge in [0, 0.05) is 24.5 Å². The summed E-state index contributed by atoms with van der Waals surface area (Å²) in [6, 6.07) is 7.69. The summed E-state index contributed by atoms with van der Waals surface area (Å²) >= 11 is 4.90. The van der Waals surface area contributed by atoms with Gasteiger partial charge in [-0.25, -0.2) is 0 Å². The van der Waals surface area contributed by atoms with Gasteiger partial charge in [0.1, 0.15) is 4.99 Å². The summed E-state index contributed by atoms with van der Waals surface area (Å²) in [6.07, 6.45) is 1.94. The molecule has 0 unspecified atom stereocenters. The smallest absolute Gasteiger partial charge is 0.103 e. The Bertz CT molecular complexity index is 542. The average Bonchev–Trinajstić information content (AvgIpc) is 2.58. The number of nitrogens with one attached hydrogen (secondary N) is 1. The molecule has 2 aromatic rings. The molecule has 17 heavy (non-hydrogen) atoms. The van der Waals surface area contributed by atoms with Gasteiger partial charge in [-0.2, -0.15) is 5.10 Å². The Balaban J connectivity index is 2.19. The van der Waals surface area contributed by atoms with E-state index in [-0.39, 0.29) is 0 Å². The van der Waals surface area contributed by atoms with Crippen LogP contribution in [-0.4, -0.2) is 14.8 Å². The number of anilines is 2. The highest BCUT2D eigenvalue weighted by atomic mass is 32.1. The second kappa shape index (κ2) is 4.55. The lowest BCUT2D eigenvalue weighted by Gasteiger charge is -2.05. The standard InChI is InChI=1S/C12H14N4S/c1-8-11(7-16(2)15-8)14-10-5-3-9(4-6-10)12(13)17/h3-7,14H,1-2H3,(H2,13,17). The Morgan fingerprint density at radius 3 is 2.47 bits per heavy atom. The van der Waals surface area contributed by atoms with Gasteiger partial charge in [0.15, 0.2) is 0 Å². The zero-order valence-electron chi connectivity index (χ0n) is 9.77. The molecule has 88 valence electrons. The molecular weight excluding hydrogens is 232 g/mol. The van der Waals surface area contributed by atoms with Crippen molar-refractivity contribution in [1.82, 2.24) is 9.78 Å². The van der Waals surface area contributed by atoms with Crippen LogP contribution in [0.2, 0.25) is 0 Å². The lowest BCUT2D eigenvalue weighted by Crippen LogP contribution is -2.08. The van der Waals surface area contributed by atoms with Crippen molar-refractivity contribution in [2.45, 2.75) is 6.92 Å². The first-order valence-electron chi connectivity index (χ1n) is 5.23. The fraction of sp³-hybridized carbons (Fsp3) is 0.167. The summed E-state index contributed by atoms with van der Waals surface area (Å²) in [7, 11) is 1.90. The minimum absolute atomic E-state index is 0.411. The van der Waals surface area contributed by atoms with Gasteiger partial charge in [0.25, 0.3) is 0 Å². The Hall–Kier alpha value is -1.88. The Morgan fingerprint density at radius 2 is 2.00 bits per heavy atom. The number of aromatic nitrogens is 2. The number of benzene rings is 1. The van der Waals surface area contributed by atoms with Gasteiger partial charge >= 0.3 is 0 Å². The lowest BCUT2D eigenvalue weighted by molar-refractivity contribution is 0.756. The molecule has 0 spiro atoms. The van der Waals surface area contributed by atoms with Crippen LogP contribution in [0.15, 0.2) is 30.5 Å². The average molecular weight is 246 g/mol. The molecule has 1 heterocycles. The van der Waals surface area contributed by atoms with Crippen LogP contribution >= 0.6 is 12.2 Å². The number of nitrogens with zero attached hydrogens (tertiary/aromatic N) is 2. The summed E-state index contributed by atoms with van der Waals surface area (Å²) in [6.45, 7) is 1.96. The van der Waals surface area contributed by atoms with Gasteiger partial charge in [0.05, 0.1) is 11.4 Å². The normalized spacial score (nSPS) is 10.2. The van der Waals surface area contributed by atoms with E-state index in [1.165, 1.54) is 0 Å². The summed E-state index contributed by atoms with van der Waals surface area (Å²) < 4.78 is 1.78. The van der Waals surface area contributed by atoms with E-state index in [0.717, 1.165) is 22.6 Å². The second-order valence-corrected chi connectivity index (χ2v) is 4.31. The van der Waals surface area contributed by atoms with E-state index in [9.17, 15) is 0 Å². The van der Waals surface area contributed by atoms with Crippen LogP contribution in [-0.2, 0) is 7.05 Å². The maximum Gasteiger partial charge on any atom is 0.103 e. The molecule has 0 saturated carbocycles. The Morgan fingerprint density at radius 1 is 1.35 bits per heavy atom. The van der Waals surface area contributed by atoms with E-state index in [1.54, 1.807) is 4.68 Å². The molecule has 0 fully saturated rings. The fourth-order valence-corrected chi connectivity index (χ4v) is 1.73.